The van der Waals surface area contributed by atoms with Crippen molar-refractivity contribution in [2.24, 2.45) is 5.73 Å². The van der Waals surface area contributed by atoms with Gasteiger partial charge in [0.05, 0.1) is 0 Å². The van der Waals surface area contributed by atoms with Crippen molar-refractivity contribution in [1.29, 1.82) is 0 Å². The molecule has 3 nitrogen and oxygen atoms in total. The minimum atomic E-state index is 0.357. The maximum absolute atomic E-state index is 5.79. The summed E-state index contributed by atoms with van der Waals surface area (Å²) in [5, 5.41) is 0. The van der Waals surface area contributed by atoms with Crippen molar-refractivity contribution >= 4 is 0 Å². The molecule has 0 aromatic heterocycles. The van der Waals surface area contributed by atoms with Crippen LogP contribution in [-0.4, -0.2) is 54.6 Å². The van der Waals surface area contributed by atoms with Gasteiger partial charge in [0.15, 0.2) is 0 Å². The highest BCUT2D eigenvalue weighted by molar-refractivity contribution is 4.85. The Morgan fingerprint density at radius 2 is 2.00 bits per heavy atom. The van der Waals surface area contributed by atoms with E-state index in [1.165, 1.54) is 52.0 Å². The van der Waals surface area contributed by atoms with Crippen LogP contribution in [-0.2, 0) is 0 Å². The van der Waals surface area contributed by atoms with Gasteiger partial charge >= 0.3 is 0 Å². The normalized spacial score (nSPS) is 31.2. The predicted octanol–water partition coefficient (Wildman–Crippen LogP) is 0.894. The van der Waals surface area contributed by atoms with Crippen molar-refractivity contribution < 1.29 is 0 Å². The van der Waals surface area contributed by atoms with Crippen molar-refractivity contribution in [1.82, 2.24) is 9.80 Å². The molecule has 2 N–H and O–H groups in total. The van der Waals surface area contributed by atoms with Crippen LogP contribution in [0.5, 0.6) is 0 Å². The average molecular weight is 211 g/mol. The zero-order chi connectivity index (χ0) is 10.7. The molecule has 2 aliphatic rings. The van der Waals surface area contributed by atoms with Gasteiger partial charge in [0.1, 0.15) is 0 Å². The molecular weight excluding hydrogens is 186 g/mol. The molecule has 2 rings (SSSR count). The van der Waals surface area contributed by atoms with E-state index in [1.54, 1.807) is 0 Å². The summed E-state index contributed by atoms with van der Waals surface area (Å²) in [6.07, 6.45) is 5.35. The second-order valence-corrected chi connectivity index (χ2v) is 5.25. The summed E-state index contributed by atoms with van der Waals surface area (Å²) in [5.41, 5.74) is 5.79. The molecule has 15 heavy (non-hydrogen) atoms. The third kappa shape index (κ3) is 3.16. The zero-order valence-electron chi connectivity index (χ0n) is 9.99. The lowest BCUT2D eigenvalue weighted by Gasteiger charge is -2.23. The van der Waals surface area contributed by atoms with Crippen LogP contribution in [0.25, 0.3) is 0 Å². The quantitative estimate of drug-likeness (QED) is 0.750. The molecule has 88 valence electrons. The van der Waals surface area contributed by atoms with E-state index in [2.05, 4.69) is 16.7 Å². The molecule has 3 heteroatoms. The van der Waals surface area contributed by atoms with E-state index in [0.717, 1.165) is 12.5 Å². The molecule has 2 fully saturated rings. The fourth-order valence-electron chi connectivity index (χ4n) is 2.81. The Labute approximate surface area is 93.6 Å². The molecule has 0 aromatic rings. The molecule has 0 radical (unpaired) electrons. The van der Waals surface area contributed by atoms with Crippen LogP contribution >= 0.6 is 0 Å². The third-order valence-corrected chi connectivity index (χ3v) is 3.81. The molecule has 0 spiro atoms. The SMILES string of the molecule is CC(N)CCN1CCC(N2CCCC2)C1. The smallest absolute Gasteiger partial charge is 0.0235 e. The maximum atomic E-state index is 5.79. The fraction of sp³-hybridized carbons (Fsp3) is 1.00. The highest BCUT2D eigenvalue weighted by Crippen LogP contribution is 2.20. The van der Waals surface area contributed by atoms with Gasteiger partial charge in [0.25, 0.3) is 0 Å². The van der Waals surface area contributed by atoms with Crippen LogP contribution in [0.3, 0.4) is 0 Å². The van der Waals surface area contributed by atoms with Crippen LogP contribution in [0.2, 0.25) is 0 Å². The Hall–Kier alpha value is -0.120. The highest BCUT2D eigenvalue weighted by atomic mass is 15.3. The summed E-state index contributed by atoms with van der Waals surface area (Å²) >= 11 is 0. The third-order valence-electron chi connectivity index (χ3n) is 3.81. The summed E-state index contributed by atoms with van der Waals surface area (Å²) in [7, 11) is 0. The Morgan fingerprint density at radius 1 is 1.27 bits per heavy atom. The van der Waals surface area contributed by atoms with Crippen LogP contribution in [0.4, 0.5) is 0 Å². The molecule has 0 amide bonds. The first-order chi connectivity index (χ1) is 7.25. The van der Waals surface area contributed by atoms with Gasteiger partial charge in [0.2, 0.25) is 0 Å². The topological polar surface area (TPSA) is 32.5 Å². The maximum Gasteiger partial charge on any atom is 0.0235 e. The van der Waals surface area contributed by atoms with Crippen molar-refractivity contribution in [3.8, 4) is 0 Å². The first kappa shape index (κ1) is 11.4. The van der Waals surface area contributed by atoms with Crippen molar-refractivity contribution in [2.45, 2.75) is 44.7 Å². The number of rotatable bonds is 4. The van der Waals surface area contributed by atoms with Crippen molar-refractivity contribution in [3.63, 3.8) is 0 Å². The molecule has 0 saturated carbocycles. The lowest BCUT2D eigenvalue weighted by Crippen LogP contribution is -2.36. The fourth-order valence-corrected chi connectivity index (χ4v) is 2.81. The first-order valence-electron chi connectivity index (χ1n) is 6.47. The largest absolute Gasteiger partial charge is 0.328 e. The van der Waals surface area contributed by atoms with Crippen molar-refractivity contribution in [2.75, 3.05) is 32.7 Å². The Morgan fingerprint density at radius 3 is 2.67 bits per heavy atom. The molecule has 2 heterocycles. The summed E-state index contributed by atoms with van der Waals surface area (Å²) < 4.78 is 0. The number of nitrogens with zero attached hydrogens (tertiary/aromatic N) is 2. The lowest BCUT2D eigenvalue weighted by molar-refractivity contribution is 0.230. The summed E-state index contributed by atoms with van der Waals surface area (Å²) in [6, 6.07) is 1.21. The molecule has 2 saturated heterocycles. The van der Waals surface area contributed by atoms with Crippen molar-refractivity contribution in [3.05, 3.63) is 0 Å². The van der Waals surface area contributed by atoms with Crippen LogP contribution in [0, 0.1) is 0 Å². The molecule has 2 atom stereocenters. The molecule has 0 aliphatic carbocycles. The monoisotopic (exact) mass is 211 g/mol. The number of hydrogen-bond acceptors (Lipinski definition) is 3. The number of hydrogen-bond donors (Lipinski definition) is 1. The molecule has 2 unspecified atom stereocenters. The van der Waals surface area contributed by atoms with Crippen LogP contribution < -0.4 is 5.73 Å². The molecular formula is C12H25N3. The Balaban J connectivity index is 1.69. The number of likely N-dealkylation sites (tertiary alicyclic amines) is 2. The van der Waals surface area contributed by atoms with Gasteiger partial charge in [-0.05, 0) is 58.8 Å². The first-order valence-corrected chi connectivity index (χ1v) is 6.47. The molecule has 0 bridgehead atoms. The van der Waals surface area contributed by atoms with Crippen LogP contribution in [0.15, 0.2) is 0 Å². The van der Waals surface area contributed by atoms with Gasteiger partial charge in [0, 0.05) is 18.6 Å². The van der Waals surface area contributed by atoms with E-state index in [9.17, 15) is 0 Å². The van der Waals surface area contributed by atoms with Gasteiger partial charge < -0.3 is 10.6 Å². The van der Waals surface area contributed by atoms with E-state index in [0.29, 0.717) is 6.04 Å². The summed E-state index contributed by atoms with van der Waals surface area (Å²) in [4.78, 5) is 5.28. The summed E-state index contributed by atoms with van der Waals surface area (Å²) in [6.45, 7) is 8.55. The lowest BCUT2D eigenvalue weighted by atomic mass is 10.2. The van der Waals surface area contributed by atoms with E-state index < -0.39 is 0 Å². The van der Waals surface area contributed by atoms with Gasteiger partial charge in [-0.25, -0.2) is 0 Å². The molecule has 2 aliphatic heterocycles. The van der Waals surface area contributed by atoms with Gasteiger partial charge in [-0.3, -0.25) is 4.90 Å². The van der Waals surface area contributed by atoms with Gasteiger partial charge in [-0.15, -0.1) is 0 Å². The Bertz CT molecular complexity index is 187. The highest BCUT2D eigenvalue weighted by Gasteiger charge is 2.28. The summed E-state index contributed by atoms with van der Waals surface area (Å²) in [5.74, 6) is 0. The van der Waals surface area contributed by atoms with Gasteiger partial charge in [-0.1, -0.05) is 0 Å². The van der Waals surface area contributed by atoms with E-state index >= 15 is 0 Å². The van der Waals surface area contributed by atoms with Gasteiger partial charge in [-0.2, -0.15) is 0 Å². The average Bonchev–Trinajstić information content (AvgIpc) is 2.85. The number of nitrogens with two attached hydrogens (primary N) is 1. The minimum absolute atomic E-state index is 0.357. The standard InChI is InChI=1S/C12H25N3/c1-11(13)4-8-14-9-5-12(10-14)15-6-2-3-7-15/h11-12H,2-10,13H2,1H3. The second-order valence-electron chi connectivity index (χ2n) is 5.25. The van der Waals surface area contributed by atoms with E-state index in [4.69, 9.17) is 5.73 Å². The minimum Gasteiger partial charge on any atom is -0.328 e. The van der Waals surface area contributed by atoms with E-state index in [1.807, 2.05) is 0 Å². The zero-order valence-corrected chi connectivity index (χ0v) is 9.99. The second kappa shape index (κ2) is 5.28. The Kier molecular flexibility index (Phi) is 4.00. The molecule has 0 aromatic carbocycles. The van der Waals surface area contributed by atoms with Crippen LogP contribution in [0.1, 0.15) is 32.6 Å². The predicted molar refractivity (Wildman–Crippen MR) is 63.9 cm³/mol. The van der Waals surface area contributed by atoms with E-state index in [-0.39, 0.29) is 0 Å².